The first-order valence-electron chi connectivity index (χ1n) is 11.5. The highest BCUT2D eigenvalue weighted by atomic mass is 16.5. The van der Waals surface area contributed by atoms with Crippen LogP contribution in [0.2, 0.25) is 0 Å². The Bertz CT molecular complexity index is 1400. The molecule has 36 heavy (non-hydrogen) atoms. The first kappa shape index (κ1) is 24.7. The third kappa shape index (κ3) is 5.15. The van der Waals surface area contributed by atoms with Crippen LogP contribution in [0.1, 0.15) is 19.4 Å². The van der Waals surface area contributed by atoms with E-state index in [0.717, 1.165) is 33.4 Å². The fourth-order valence-corrected chi connectivity index (χ4v) is 4.00. The van der Waals surface area contributed by atoms with E-state index < -0.39 is 0 Å². The molecular weight excluding hydrogens is 458 g/mol. The number of carbonyl (C=O) groups is 1. The van der Waals surface area contributed by atoms with Crippen LogP contribution in [0.15, 0.2) is 71.4 Å². The zero-order valence-electron chi connectivity index (χ0n) is 21.0. The van der Waals surface area contributed by atoms with E-state index in [9.17, 15) is 4.79 Å². The van der Waals surface area contributed by atoms with E-state index in [4.69, 9.17) is 23.4 Å². The van der Waals surface area contributed by atoms with Crippen LogP contribution in [0.25, 0.3) is 27.7 Å². The summed E-state index contributed by atoms with van der Waals surface area (Å²) in [6, 6.07) is 16.6. The van der Waals surface area contributed by atoms with Crippen LogP contribution in [0.3, 0.4) is 0 Å². The molecule has 1 amide bonds. The average molecular weight is 488 g/mol. The van der Waals surface area contributed by atoms with E-state index >= 15 is 0 Å². The number of carbonyl (C=O) groups excluding carboxylic acids is 1. The van der Waals surface area contributed by atoms with Gasteiger partial charge in [0.15, 0.2) is 0 Å². The summed E-state index contributed by atoms with van der Waals surface area (Å²) in [5.41, 5.74) is 4.56. The maximum atomic E-state index is 12.8. The van der Waals surface area contributed by atoms with Gasteiger partial charge in [-0.25, -0.2) is 0 Å². The van der Waals surface area contributed by atoms with Crippen molar-refractivity contribution in [1.29, 1.82) is 0 Å². The van der Waals surface area contributed by atoms with Crippen LogP contribution in [-0.4, -0.2) is 33.8 Å². The number of hydrogen-bond acceptors (Lipinski definition) is 6. The Morgan fingerprint density at radius 1 is 0.889 bits per heavy atom. The third-order valence-electron chi connectivity index (χ3n) is 5.80. The summed E-state index contributed by atoms with van der Waals surface area (Å²) in [5, 5.41) is 3.75. The molecule has 0 aliphatic carbocycles. The Balaban J connectivity index is 1.74. The zero-order valence-corrected chi connectivity index (χ0v) is 21.0. The van der Waals surface area contributed by atoms with Crippen LogP contribution in [0.5, 0.6) is 23.0 Å². The van der Waals surface area contributed by atoms with Crippen molar-refractivity contribution in [2.75, 3.05) is 33.3 Å². The van der Waals surface area contributed by atoms with Crippen molar-refractivity contribution in [3.63, 3.8) is 0 Å². The number of methoxy groups -OCH3 is 3. The van der Waals surface area contributed by atoms with E-state index in [1.54, 1.807) is 57.9 Å². The molecule has 0 aliphatic rings. The maximum absolute atomic E-state index is 12.8. The van der Waals surface area contributed by atoms with Crippen LogP contribution >= 0.6 is 0 Å². The monoisotopic (exact) mass is 487 g/mol. The van der Waals surface area contributed by atoms with Crippen LogP contribution in [0, 0.1) is 0 Å². The predicted octanol–water partition coefficient (Wildman–Crippen LogP) is 6.57. The molecule has 1 N–H and O–H groups in total. The number of ether oxygens (including phenoxy) is 4. The van der Waals surface area contributed by atoms with Gasteiger partial charge in [-0.1, -0.05) is 0 Å². The molecule has 0 unspecified atom stereocenters. The second-order valence-electron chi connectivity index (χ2n) is 8.04. The molecule has 1 aromatic heterocycles. The molecular formula is C29H29NO6. The minimum Gasteiger partial charge on any atom is -0.497 e. The fourth-order valence-electron chi connectivity index (χ4n) is 4.00. The van der Waals surface area contributed by atoms with E-state index in [1.165, 1.54) is 0 Å². The minimum atomic E-state index is -0.248. The molecule has 0 spiro atoms. The SMILES string of the molecule is CCOc1cc2occ(-c3cc(OC)ccc3OC)c2cc1/C(C)=C/C(=O)Nc1ccc(OC)cc1. The predicted molar refractivity (Wildman–Crippen MR) is 141 cm³/mol. The van der Waals surface area contributed by atoms with Gasteiger partial charge < -0.3 is 28.7 Å². The molecule has 0 saturated heterocycles. The van der Waals surface area contributed by atoms with Gasteiger partial charge >= 0.3 is 0 Å². The maximum Gasteiger partial charge on any atom is 0.248 e. The Hall–Kier alpha value is -4.39. The first-order chi connectivity index (χ1) is 17.5. The van der Waals surface area contributed by atoms with Gasteiger partial charge in [0.2, 0.25) is 5.91 Å². The highest BCUT2D eigenvalue weighted by molar-refractivity contribution is 6.05. The molecule has 7 heteroatoms. The van der Waals surface area contributed by atoms with Crippen LogP contribution < -0.4 is 24.3 Å². The fraction of sp³-hybridized carbons (Fsp3) is 0.207. The molecule has 3 aromatic carbocycles. The Morgan fingerprint density at radius 2 is 1.61 bits per heavy atom. The molecule has 0 atom stereocenters. The number of rotatable bonds is 9. The van der Waals surface area contributed by atoms with Crippen LogP contribution in [0.4, 0.5) is 5.69 Å². The molecule has 0 radical (unpaired) electrons. The molecule has 0 saturated carbocycles. The van der Waals surface area contributed by atoms with Crippen molar-refractivity contribution in [3.05, 3.63) is 72.5 Å². The number of furan rings is 1. The summed E-state index contributed by atoms with van der Waals surface area (Å²) < 4.78 is 28.0. The second kappa shape index (κ2) is 10.9. The number of amides is 1. The molecule has 0 bridgehead atoms. The van der Waals surface area contributed by atoms with Gasteiger partial charge in [0.1, 0.15) is 28.6 Å². The van der Waals surface area contributed by atoms with Gasteiger partial charge in [-0.2, -0.15) is 0 Å². The quantitative estimate of drug-likeness (QED) is 0.269. The summed E-state index contributed by atoms with van der Waals surface area (Å²) in [5.74, 6) is 2.51. The lowest BCUT2D eigenvalue weighted by Crippen LogP contribution is -2.08. The third-order valence-corrected chi connectivity index (χ3v) is 5.80. The highest BCUT2D eigenvalue weighted by Crippen LogP contribution is 2.41. The van der Waals surface area contributed by atoms with Gasteiger partial charge in [-0.05, 0) is 68.0 Å². The topological polar surface area (TPSA) is 79.2 Å². The highest BCUT2D eigenvalue weighted by Gasteiger charge is 2.18. The number of hydrogen-bond donors (Lipinski definition) is 1. The summed E-state index contributed by atoms with van der Waals surface area (Å²) in [6.07, 6.45) is 3.25. The molecule has 0 aliphatic heterocycles. The van der Waals surface area contributed by atoms with E-state index in [2.05, 4.69) is 5.32 Å². The Morgan fingerprint density at radius 3 is 2.28 bits per heavy atom. The van der Waals surface area contributed by atoms with Crippen molar-refractivity contribution in [2.45, 2.75) is 13.8 Å². The summed E-state index contributed by atoms with van der Waals surface area (Å²) >= 11 is 0. The van der Waals surface area contributed by atoms with Crippen molar-refractivity contribution in [1.82, 2.24) is 0 Å². The Kier molecular flexibility index (Phi) is 7.49. The molecule has 1 heterocycles. The standard InChI is InChI=1S/C29H29NO6/c1-6-35-27-16-28-24(25(17-36-28)23-14-21(33-4)11-12-26(23)34-5)15-22(27)18(2)13-29(31)30-19-7-9-20(32-3)10-8-19/h7-17H,6H2,1-5H3,(H,30,31)/b18-13+. The van der Waals surface area contributed by atoms with Crippen LogP contribution in [-0.2, 0) is 4.79 Å². The van der Waals surface area contributed by atoms with E-state index in [0.29, 0.717) is 35.1 Å². The molecule has 7 nitrogen and oxygen atoms in total. The molecule has 4 aromatic rings. The van der Waals surface area contributed by atoms with E-state index in [1.807, 2.05) is 44.2 Å². The van der Waals surface area contributed by atoms with E-state index in [-0.39, 0.29) is 5.91 Å². The average Bonchev–Trinajstić information content (AvgIpc) is 3.31. The van der Waals surface area contributed by atoms with Gasteiger partial charge in [0, 0.05) is 39.9 Å². The van der Waals surface area contributed by atoms with Crippen molar-refractivity contribution < 1.29 is 28.2 Å². The normalized spacial score (nSPS) is 11.3. The van der Waals surface area contributed by atoms with Gasteiger partial charge in [0.25, 0.3) is 0 Å². The van der Waals surface area contributed by atoms with Crippen molar-refractivity contribution in [3.8, 4) is 34.1 Å². The number of anilines is 1. The largest absolute Gasteiger partial charge is 0.497 e. The summed E-state index contributed by atoms with van der Waals surface area (Å²) in [6.45, 7) is 4.27. The zero-order chi connectivity index (χ0) is 25.7. The minimum absolute atomic E-state index is 0.248. The van der Waals surface area contributed by atoms with Gasteiger partial charge in [-0.15, -0.1) is 0 Å². The number of fused-ring (bicyclic) bond motifs is 1. The number of benzene rings is 3. The number of allylic oxidation sites excluding steroid dienone is 1. The number of nitrogens with one attached hydrogen (secondary N) is 1. The van der Waals surface area contributed by atoms with Gasteiger partial charge in [-0.3, -0.25) is 4.79 Å². The molecule has 0 fully saturated rings. The molecule has 4 rings (SSSR count). The summed E-state index contributed by atoms with van der Waals surface area (Å²) in [4.78, 5) is 12.8. The van der Waals surface area contributed by atoms with Gasteiger partial charge in [0.05, 0.1) is 34.2 Å². The lowest BCUT2D eigenvalue weighted by Gasteiger charge is -2.13. The Labute approximate surface area is 210 Å². The summed E-state index contributed by atoms with van der Waals surface area (Å²) in [7, 11) is 4.85. The second-order valence-corrected chi connectivity index (χ2v) is 8.04. The first-order valence-corrected chi connectivity index (χ1v) is 11.5. The van der Waals surface area contributed by atoms with Crippen molar-refractivity contribution >= 4 is 28.1 Å². The molecule has 186 valence electrons. The van der Waals surface area contributed by atoms with Crippen molar-refractivity contribution in [2.24, 2.45) is 0 Å². The lowest BCUT2D eigenvalue weighted by atomic mass is 9.98. The smallest absolute Gasteiger partial charge is 0.248 e. The lowest BCUT2D eigenvalue weighted by molar-refractivity contribution is -0.111.